The van der Waals surface area contributed by atoms with Crippen molar-refractivity contribution in [2.45, 2.75) is 228 Å². The fourth-order valence-corrected chi connectivity index (χ4v) is 10.3. The number of rotatable bonds is 34. The quantitative estimate of drug-likeness (QED) is 0.0505. The molecule has 0 aromatic heterocycles. The zero-order valence-electron chi connectivity index (χ0n) is 26.9. The van der Waals surface area contributed by atoms with Crippen LogP contribution in [0.25, 0.3) is 0 Å². The van der Waals surface area contributed by atoms with E-state index in [9.17, 15) is 3.08 Å². The first-order valence-corrected chi connectivity index (χ1v) is 23.5. The fraction of sp³-hybridized carbons (Fsp3) is 1.00. The van der Waals surface area contributed by atoms with Gasteiger partial charge in [-0.25, -0.2) is 0 Å². The van der Waals surface area contributed by atoms with Crippen molar-refractivity contribution in [3.05, 3.63) is 0 Å². The van der Waals surface area contributed by atoms with Crippen LogP contribution < -0.4 is 0 Å². The molecule has 38 heavy (non-hydrogen) atoms. The standard InChI is InChI=1S/2C18H37.O.Sn/c2*1-3-5-7-9-11-13-15-17-18-16-14-12-10-8-6-4-2;;/h2*1,3-18H2,2H3;;. The number of hydrogen-bond donors (Lipinski definition) is 0. The third-order valence-corrected chi connectivity index (χ3v) is 13.8. The molecule has 228 valence electrons. The number of hydrogen-bond acceptors (Lipinski definition) is 1. The number of unbranched alkanes of at least 4 members (excludes halogenated alkanes) is 30. The average Bonchev–Trinajstić information content (AvgIpc) is 2.92. The van der Waals surface area contributed by atoms with Gasteiger partial charge in [-0.1, -0.05) is 78.1 Å². The fourth-order valence-electron chi connectivity index (χ4n) is 5.87. The topological polar surface area (TPSA) is 17.1 Å². The molecule has 0 saturated heterocycles. The second-order valence-electron chi connectivity index (χ2n) is 12.6. The Labute approximate surface area is 250 Å². The van der Waals surface area contributed by atoms with E-state index in [0.29, 0.717) is 0 Å². The summed E-state index contributed by atoms with van der Waals surface area (Å²) in [5.74, 6) is 0. The molecule has 0 N–H and O–H groups in total. The van der Waals surface area contributed by atoms with E-state index < -0.39 is 19.7 Å². The summed E-state index contributed by atoms with van der Waals surface area (Å²) >= 11 is -2.20. The van der Waals surface area contributed by atoms with E-state index in [0.717, 1.165) is 8.87 Å². The minimum absolute atomic E-state index is 1.12. The molecule has 0 rings (SSSR count). The first kappa shape index (κ1) is 38.6. The van der Waals surface area contributed by atoms with E-state index in [4.69, 9.17) is 0 Å². The molecule has 0 amide bonds. The minimum atomic E-state index is -2.20. The van der Waals surface area contributed by atoms with Crippen molar-refractivity contribution in [3.63, 3.8) is 0 Å². The molecule has 0 fully saturated rings. The zero-order chi connectivity index (χ0) is 27.6. The van der Waals surface area contributed by atoms with Gasteiger partial charge in [0.25, 0.3) is 0 Å². The van der Waals surface area contributed by atoms with E-state index in [-0.39, 0.29) is 0 Å². The van der Waals surface area contributed by atoms with E-state index in [2.05, 4.69) is 13.8 Å². The Morgan fingerprint density at radius 1 is 0.263 bits per heavy atom. The predicted octanol–water partition coefficient (Wildman–Crippen LogP) is 13.9. The monoisotopic (exact) mass is 642 g/mol. The van der Waals surface area contributed by atoms with Crippen molar-refractivity contribution in [2.24, 2.45) is 0 Å². The van der Waals surface area contributed by atoms with Crippen LogP contribution in [-0.4, -0.2) is 19.7 Å². The van der Waals surface area contributed by atoms with Crippen LogP contribution >= 0.6 is 0 Å². The second-order valence-corrected chi connectivity index (χ2v) is 18.6. The normalized spacial score (nSPS) is 11.4. The Balaban J connectivity index is 3.14. The Bertz CT molecular complexity index is 397. The van der Waals surface area contributed by atoms with Crippen LogP contribution in [0, 0.1) is 0 Å². The van der Waals surface area contributed by atoms with Gasteiger partial charge in [0, 0.05) is 0 Å². The van der Waals surface area contributed by atoms with Crippen LogP contribution in [0.3, 0.4) is 0 Å². The van der Waals surface area contributed by atoms with Gasteiger partial charge in [0.05, 0.1) is 0 Å². The Kier molecular flexibility index (Phi) is 36.2. The zero-order valence-corrected chi connectivity index (χ0v) is 29.8. The van der Waals surface area contributed by atoms with Crippen molar-refractivity contribution in [3.8, 4) is 0 Å². The summed E-state index contributed by atoms with van der Waals surface area (Å²) in [6.45, 7) is 4.60. The van der Waals surface area contributed by atoms with Crippen molar-refractivity contribution in [2.75, 3.05) is 0 Å². The smallest absolute Gasteiger partial charge is 0.0654 e. The van der Waals surface area contributed by atoms with E-state index in [1.807, 2.05) is 0 Å². The van der Waals surface area contributed by atoms with Crippen molar-refractivity contribution >= 4 is 19.7 Å². The Morgan fingerprint density at radius 3 is 0.605 bits per heavy atom. The van der Waals surface area contributed by atoms with E-state index >= 15 is 0 Å². The molecule has 0 bridgehead atoms. The molecule has 0 aromatic rings. The van der Waals surface area contributed by atoms with Gasteiger partial charge in [0.15, 0.2) is 0 Å². The van der Waals surface area contributed by atoms with E-state index in [1.54, 1.807) is 0 Å². The molecular weight excluding hydrogens is 567 g/mol. The van der Waals surface area contributed by atoms with Gasteiger partial charge in [-0.05, 0) is 0 Å². The average molecular weight is 642 g/mol. The minimum Gasteiger partial charge on any atom is -0.0654 e. The summed E-state index contributed by atoms with van der Waals surface area (Å²) in [6, 6.07) is 0. The third kappa shape index (κ3) is 34.6. The predicted molar refractivity (Wildman–Crippen MR) is 175 cm³/mol. The molecule has 0 spiro atoms. The van der Waals surface area contributed by atoms with Crippen molar-refractivity contribution in [1.82, 2.24) is 0 Å². The summed E-state index contributed by atoms with van der Waals surface area (Å²) in [6.07, 6.45) is 45.5. The van der Waals surface area contributed by atoms with Crippen LogP contribution in [0.15, 0.2) is 0 Å². The molecule has 2 heteroatoms. The van der Waals surface area contributed by atoms with Crippen molar-refractivity contribution < 1.29 is 3.08 Å². The van der Waals surface area contributed by atoms with Crippen LogP contribution in [0.2, 0.25) is 8.87 Å². The maximum atomic E-state index is 12.4. The molecule has 0 aliphatic carbocycles. The molecule has 0 aliphatic heterocycles. The maximum absolute atomic E-state index is 12.4. The summed E-state index contributed by atoms with van der Waals surface area (Å²) < 4.78 is 14.7. The third-order valence-electron chi connectivity index (χ3n) is 8.62. The summed E-state index contributed by atoms with van der Waals surface area (Å²) in [5, 5.41) is 0. The molecule has 0 heterocycles. The Hall–Kier alpha value is 0.599. The molecule has 0 aliphatic rings. The second kappa shape index (κ2) is 35.6. The SMILES string of the molecule is CCCCCCCCCCCCCCCCC[CH2][Sn](=[O])[CH2]CCCCCCCCCCCCCCCCC. The van der Waals surface area contributed by atoms with Crippen LogP contribution in [0.1, 0.15) is 219 Å². The van der Waals surface area contributed by atoms with Crippen LogP contribution in [-0.2, 0) is 3.08 Å². The molecule has 0 unspecified atom stereocenters. The molecule has 0 atom stereocenters. The first-order valence-electron chi connectivity index (χ1n) is 18.3. The van der Waals surface area contributed by atoms with Gasteiger partial charge in [-0.15, -0.1) is 0 Å². The molecule has 0 saturated carbocycles. The Morgan fingerprint density at radius 2 is 0.421 bits per heavy atom. The molecule has 1 nitrogen and oxygen atoms in total. The molecular formula is C36H74OSn. The first-order chi connectivity index (χ1) is 18.8. The van der Waals surface area contributed by atoms with Gasteiger partial charge < -0.3 is 0 Å². The van der Waals surface area contributed by atoms with Gasteiger partial charge in [0.2, 0.25) is 0 Å². The molecule has 0 radical (unpaired) electrons. The summed E-state index contributed by atoms with van der Waals surface area (Å²) in [5.41, 5.74) is 0. The molecule has 0 aromatic carbocycles. The van der Waals surface area contributed by atoms with Crippen LogP contribution in [0.5, 0.6) is 0 Å². The van der Waals surface area contributed by atoms with Gasteiger partial charge in [0.1, 0.15) is 0 Å². The van der Waals surface area contributed by atoms with Gasteiger partial charge >= 0.3 is 173 Å². The summed E-state index contributed by atoms with van der Waals surface area (Å²) in [7, 11) is 0. The van der Waals surface area contributed by atoms with Gasteiger partial charge in [-0.3, -0.25) is 0 Å². The van der Waals surface area contributed by atoms with Crippen LogP contribution in [0.4, 0.5) is 0 Å². The van der Waals surface area contributed by atoms with Crippen molar-refractivity contribution in [1.29, 1.82) is 0 Å². The van der Waals surface area contributed by atoms with E-state index in [1.165, 1.54) is 205 Å². The van der Waals surface area contributed by atoms with Gasteiger partial charge in [-0.2, -0.15) is 0 Å². The summed E-state index contributed by atoms with van der Waals surface area (Å²) in [4.78, 5) is 0.